The number of aryl methyl sites for hydroxylation is 1. The molecule has 10 heteroatoms. The molecule has 1 aromatic carbocycles. The second-order valence-electron chi connectivity index (χ2n) is 10.3. The molecule has 0 fully saturated rings. The van der Waals surface area contributed by atoms with Crippen molar-refractivity contribution in [2.45, 2.75) is 63.3 Å². The van der Waals surface area contributed by atoms with E-state index in [0.717, 1.165) is 6.26 Å². The molecule has 0 atom stereocenters. The smallest absolute Gasteiger partial charge is 0.261 e. The molecule has 2 aromatic heterocycles. The summed E-state index contributed by atoms with van der Waals surface area (Å²) in [4.78, 5) is 22.2. The molecule has 0 N–H and O–H groups in total. The average molecular weight is 560 g/mol. The van der Waals surface area contributed by atoms with Crippen LogP contribution in [0.3, 0.4) is 0 Å². The average Bonchev–Trinajstić information content (AvgIpc) is 2.81. The van der Waals surface area contributed by atoms with Gasteiger partial charge < -0.3 is 4.74 Å². The van der Waals surface area contributed by atoms with Crippen LogP contribution in [0.4, 0.5) is 0 Å². The number of ether oxygens (including phenoxy) is 1. The van der Waals surface area contributed by atoms with Crippen LogP contribution in [0.15, 0.2) is 34.3 Å². The van der Waals surface area contributed by atoms with E-state index >= 15 is 0 Å². The summed E-state index contributed by atoms with van der Waals surface area (Å²) in [7, 11) is -2.79. The highest BCUT2D eigenvalue weighted by Crippen LogP contribution is 2.41. The van der Waals surface area contributed by atoms with Crippen LogP contribution in [0.2, 0.25) is 21.6 Å². The topological polar surface area (TPSA) is 91.2 Å². The summed E-state index contributed by atoms with van der Waals surface area (Å²) in [5.74, 6) is 3.94. The quantitative estimate of drug-likeness (QED) is 0.221. The SMILES string of the molecule is COc1ccc(Cl)c(-c2c(C#C[Si](C(C)C)(C(C)C)C(C)C)c3cnc(S(C)(=O)=O)nc3n(C)c2=O)c1. The fraction of sp³-hybridized carbons (Fsp3) is 0.444. The molecular weight excluding hydrogens is 526 g/mol. The van der Waals surface area contributed by atoms with Gasteiger partial charge in [0.2, 0.25) is 15.0 Å². The largest absolute Gasteiger partial charge is 0.497 e. The molecule has 0 unspecified atom stereocenters. The Bertz CT molecular complexity index is 1560. The fourth-order valence-electron chi connectivity index (χ4n) is 5.28. The summed E-state index contributed by atoms with van der Waals surface area (Å²) in [5, 5.41) is 0.500. The van der Waals surface area contributed by atoms with Crippen LogP contribution in [-0.4, -0.2) is 44.4 Å². The van der Waals surface area contributed by atoms with Gasteiger partial charge in [0.05, 0.1) is 18.1 Å². The Hall–Kier alpha value is -2.67. The van der Waals surface area contributed by atoms with Crippen molar-refractivity contribution in [2.75, 3.05) is 13.4 Å². The number of hydrogen-bond donors (Lipinski definition) is 0. The minimum atomic E-state index is -3.69. The van der Waals surface area contributed by atoms with E-state index in [9.17, 15) is 13.2 Å². The van der Waals surface area contributed by atoms with Crippen LogP contribution in [0, 0.1) is 11.5 Å². The van der Waals surface area contributed by atoms with Crippen LogP contribution in [0.1, 0.15) is 47.1 Å². The first-order valence-electron chi connectivity index (χ1n) is 12.1. The lowest BCUT2D eigenvalue weighted by atomic mass is 9.99. The Morgan fingerprint density at radius 2 is 1.68 bits per heavy atom. The van der Waals surface area contributed by atoms with Crippen LogP contribution < -0.4 is 10.3 Å². The summed E-state index contributed by atoms with van der Waals surface area (Å²) >= 11 is 6.61. The molecule has 3 rings (SSSR count). The Kier molecular flexibility index (Phi) is 8.28. The molecule has 198 valence electrons. The van der Waals surface area contributed by atoms with Crippen molar-refractivity contribution in [1.29, 1.82) is 0 Å². The van der Waals surface area contributed by atoms with Crippen molar-refractivity contribution in [3.63, 3.8) is 0 Å². The highest BCUT2D eigenvalue weighted by atomic mass is 35.5. The Morgan fingerprint density at radius 1 is 1.08 bits per heavy atom. The molecule has 0 spiro atoms. The summed E-state index contributed by atoms with van der Waals surface area (Å²) in [6.45, 7) is 13.3. The monoisotopic (exact) mass is 559 g/mol. The Labute approximate surface area is 225 Å². The van der Waals surface area contributed by atoms with Gasteiger partial charge >= 0.3 is 0 Å². The molecule has 0 radical (unpaired) electrons. The lowest BCUT2D eigenvalue weighted by molar-refractivity contribution is 0.415. The van der Waals surface area contributed by atoms with Gasteiger partial charge in [-0.3, -0.25) is 9.36 Å². The van der Waals surface area contributed by atoms with Gasteiger partial charge in [-0.15, -0.1) is 5.54 Å². The maximum absolute atomic E-state index is 13.8. The predicted molar refractivity (Wildman–Crippen MR) is 153 cm³/mol. The Morgan fingerprint density at radius 3 is 2.19 bits per heavy atom. The van der Waals surface area contributed by atoms with Gasteiger partial charge in [0.1, 0.15) is 19.5 Å². The summed E-state index contributed by atoms with van der Waals surface area (Å²) in [5.41, 5.74) is 5.81. The van der Waals surface area contributed by atoms with Crippen molar-refractivity contribution < 1.29 is 13.2 Å². The molecule has 0 aliphatic heterocycles. The minimum Gasteiger partial charge on any atom is -0.497 e. The lowest BCUT2D eigenvalue weighted by Gasteiger charge is -2.38. The molecule has 2 heterocycles. The first-order chi connectivity index (χ1) is 17.2. The molecule has 0 bridgehead atoms. The van der Waals surface area contributed by atoms with E-state index in [1.54, 1.807) is 32.4 Å². The number of methoxy groups -OCH3 is 1. The van der Waals surface area contributed by atoms with Gasteiger partial charge in [-0.1, -0.05) is 59.1 Å². The zero-order valence-corrected chi connectivity index (χ0v) is 25.4. The van der Waals surface area contributed by atoms with E-state index < -0.39 is 23.5 Å². The maximum Gasteiger partial charge on any atom is 0.261 e. The van der Waals surface area contributed by atoms with Crippen molar-refractivity contribution >= 4 is 40.5 Å². The Balaban J connectivity index is 2.58. The van der Waals surface area contributed by atoms with E-state index in [2.05, 4.69) is 63.0 Å². The molecular formula is C27H34ClN3O4SSi. The van der Waals surface area contributed by atoms with E-state index in [-0.39, 0.29) is 10.8 Å². The van der Waals surface area contributed by atoms with Crippen LogP contribution in [0.5, 0.6) is 5.75 Å². The highest BCUT2D eigenvalue weighted by Gasteiger charge is 2.41. The van der Waals surface area contributed by atoms with Gasteiger partial charge in [0.15, 0.2) is 0 Å². The van der Waals surface area contributed by atoms with E-state index in [1.165, 1.54) is 10.8 Å². The minimum absolute atomic E-state index is 0.193. The van der Waals surface area contributed by atoms with Crippen molar-refractivity contribution in [3.05, 3.63) is 45.3 Å². The lowest BCUT2D eigenvalue weighted by Crippen LogP contribution is -2.43. The van der Waals surface area contributed by atoms with E-state index in [0.29, 0.717) is 49.5 Å². The van der Waals surface area contributed by atoms with Crippen molar-refractivity contribution in [2.24, 2.45) is 7.05 Å². The number of rotatable bonds is 6. The normalized spacial score (nSPS) is 12.4. The van der Waals surface area contributed by atoms with Crippen LogP contribution in [-0.2, 0) is 16.9 Å². The van der Waals surface area contributed by atoms with Crippen molar-refractivity contribution in [1.82, 2.24) is 14.5 Å². The number of aromatic nitrogens is 3. The number of halogens is 1. The molecule has 0 amide bonds. The zero-order chi connectivity index (χ0) is 27.9. The van der Waals surface area contributed by atoms with Gasteiger partial charge in [0.25, 0.3) is 5.56 Å². The van der Waals surface area contributed by atoms with Gasteiger partial charge in [-0.25, -0.2) is 13.4 Å². The zero-order valence-electron chi connectivity index (χ0n) is 22.8. The van der Waals surface area contributed by atoms with Crippen molar-refractivity contribution in [3.8, 4) is 28.3 Å². The first kappa shape index (κ1) is 28.9. The number of fused-ring (bicyclic) bond motifs is 1. The third-order valence-corrected chi connectivity index (χ3v) is 14.6. The number of benzene rings is 1. The van der Waals surface area contributed by atoms with Gasteiger partial charge in [-0.05, 0) is 34.8 Å². The third-order valence-electron chi connectivity index (χ3n) is 7.15. The molecule has 0 saturated carbocycles. The summed E-state index contributed by atoms with van der Waals surface area (Å²) < 4.78 is 31.1. The van der Waals surface area contributed by atoms with Gasteiger partial charge in [-0.2, -0.15) is 4.98 Å². The second-order valence-corrected chi connectivity index (χ2v) is 18.2. The molecule has 0 aliphatic rings. The van der Waals surface area contributed by atoms with Crippen LogP contribution in [0.25, 0.3) is 22.2 Å². The summed E-state index contributed by atoms with van der Waals surface area (Å²) in [6, 6.07) is 5.10. The summed E-state index contributed by atoms with van der Waals surface area (Å²) in [6.07, 6.45) is 2.47. The molecule has 0 aliphatic carbocycles. The first-order valence-corrected chi connectivity index (χ1v) is 16.6. The number of sulfone groups is 1. The van der Waals surface area contributed by atoms with Gasteiger partial charge in [0, 0.05) is 35.6 Å². The van der Waals surface area contributed by atoms with E-state index in [1.807, 2.05) is 0 Å². The second kappa shape index (κ2) is 10.6. The molecule has 37 heavy (non-hydrogen) atoms. The van der Waals surface area contributed by atoms with Crippen LogP contribution >= 0.6 is 11.6 Å². The number of hydrogen-bond acceptors (Lipinski definition) is 6. The highest BCUT2D eigenvalue weighted by molar-refractivity contribution is 7.90. The fourth-order valence-corrected chi connectivity index (χ4v) is 11.2. The molecule has 3 aromatic rings. The third kappa shape index (κ3) is 5.20. The van der Waals surface area contributed by atoms with E-state index in [4.69, 9.17) is 16.3 Å². The maximum atomic E-state index is 13.8. The predicted octanol–water partition coefficient (Wildman–Crippen LogP) is 5.63. The number of pyridine rings is 1. The number of nitrogens with zero attached hydrogens (tertiary/aromatic N) is 3. The standard InChI is InChI=1S/C27H34ClN3O4SSi/c1-16(2)37(17(3)4,18(5)6)13-12-20-22-15-29-27(36(9,33)34)30-25(22)31(7)26(32)24(20)21-14-19(35-8)10-11-23(21)28/h10-11,14-18H,1-9H3. The molecule has 0 saturated heterocycles. The molecule has 7 nitrogen and oxygen atoms in total.